The van der Waals surface area contributed by atoms with Crippen LogP contribution in [0.3, 0.4) is 0 Å². The number of amides is 1. The lowest BCUT2D eigenvalue weighted by Gasteiger charge is -2.16. The molecule has 0 aliphatic rings. The monoisotopic (exact) mass is 378 g/mol. The molecule has 0 bridgehead atoms. The van der Waals surface area contributed by atoms with Gasteiger partial charge in [0.1, 0.15) is 0 Å². The number of carbonyl (C=O) groups excluding carboxylic acids is 1. The summed E-state index contributed by atoms with van der Waals surface area (Å²) in [5.74, 6) is 0.970. The van der Waals surface area contributed by atoms with E-state index >= 15 is 0 Å². The van der Waals surface area contributed by atoms with Crippen LogP contribution in [0.5, 0.6) is 0 Å². The van der Waals surface area contributed by atoms with Crippen LogP contribution in [0.4, 0.5) is 5.69 Å². The van der Waals surface area contributed by atoms with Gasteiger partial charge in [-0.05, 0) is 44.0 Å². The van der Waals surface area contributed by atoms with Crippen LogP contribution in [0.2, 0.25) is 0 Å². The zero-order valence-electron chi connectivity index (χ0n) is 16.8. The van der Waals surface area contributed by atoms with Crippen molar-refractivity contribution in [1.29, 1.82) is 0 Å². The Kier molecular flexibility index (Phi) is 6.21. The van der Waals surface area contributed by atoms with Crippen molar-refractivity contribution in [3.63, 3.8) is 0 Å². The maximum absolute atomic E-state index is 12.4. The third-order valence-electron chi connectivity index (χ3n) is 4.65. The van der Waals surface area contributed by atoms with E-state index < -0.39 is 0 Å². The quantitative estimate of drug-likeness (QED) is 0.673. The number of rotatable bonds is 7. The van der Waals surface area contributed by atoms with Crippen molar-refractivity contribution in [2.45, 2.75) is 33.7 Å². The van der Waals surface area contributed by atoms with E-state index in [1.807, 2.05) is 56.1 Å². The Morgan fingerprint density at radius 2 is 1.79 bits per heavy atom. The van der Waals surface area contributed by atoms with Crippen LogP contribution in [-0.4, -0.2) is 34.5 Å². The van der Waals surface area contributed by atoms with Crippen molar-refractivity contribution in [3.05, 3.63) is 65.0 Å². The molecule has 0 aliphatic carbocycles. The molecule has 28 heavy (non-hydrogen) atoms. The molecule has 0 saturated carbocycles. The first-order valence-corrected chi connectivity index (χ1v) is 9.42. The van der Waals surface area contributed by atoms with E-state index in [0.717, 1.165) is 28.8 Å². The fraction of sp³-hybridized carbons (Fsp3) is 0.318. The zero-order valence-corrected chi connectivity index (χ0v) is 16.8. The predicted molar refractivity (Wildman–Crippen MR) is 110 cm³/mol. The molecule has 6 heteroatoms. The van der Waals surface area contributed by atoms with E-state index in [1.165, 1.54) is 5.56 Å². The van der Waals surface area contributed by atoms with Crippen molar-refractivity contribution >= 4 is 11.6 Å². The molecule has 146 valence electrons. The summed E-state index contributed by atoms with van der Waals surface area (Å²) in [6.07, 6.45) is 0.993. The maximum atomic E-state index is 12.4. The van der Waals surface area contributed by atoms with Crippen LogP contribution in [0.15, 0.2) is 47.0 Å². The van der Waals surface area contributed by atoms with Crippen LogP contribution in [0.25, 0.3) is 11.4 Å². The van der Waals surface area contributed by atoms with Gasteiger partial charge in [-0.15, -0.1) is 0 Å². The Balaban J connectivity index is 1.58. The molecule has 3 rings (SSSR count). The highest BCUT2D eigenvalue weighted by molar-refractivity contribution is 5.93. The van der Waals surface area contributed by atoms with Gasteiger partial charge in [-0.3, -0.25) is 9.69 Å². The third kappa shape index (κ3) is 4.84. The van der Waals surface area contributed by atoms with E-state index in [4.69, 9.17) is 4.52 Å². The van der Waals surface area contributed by atoms with E-state index in [-0.39, 0.29) is 12.5 Å². The Labute approximate surface area is 165 Å². The standard InChI is InChI=1S/C22H26N4O2/c1-5-17-9-11-18(12-10-17)22-24-20(28-25-22)14-26(4)13-19(27)23-21-15(2)7-6-8-16(21)3/h6-12H,5,13-14H2,1-4H3,(H,23,27). The second kappa shape index (κ2) is 8.80. The minimum atomic E-state index is -0.0743. The molecule has 1 heterocycles. The highest BCUT2D eigenvalue weighted by Gasteiger charge is 2.14. The molecule has 1 N–H and O–H groups in total. The highest BCUT2D eigenvalue weighted by atomic mass is 16.5. The number of nitrogens with one attached hydrogen (secondary N) is 1. The topological polar surface area (TPSA) is 71.3 Å². The van der Waals surface area contributed by atoms with Crippen molar-refractivity contribution in [3.8, 4) is 11.4 Å². The first-order valence-electron chi connectivity index (χ1n) is 9.42. The second-order valence-electron chi connectivity index (χ2n) is 7.05. The molecule has 6 nitrogen and oxygen atoms in total. The summed E-state index contributed by atoms with van der Waals surface area (Å²) < 4.78 is 5.35. The number of nitrogens with zero attached hydrogens (tertiary/aromatic N) is 3. The van der Waals surface area contributed by atoms with Gasteiger partial charge in [0.2, 0.25) is 17.6 Å². The number of aryl methyl sites for hydroxylation is 3. The largest absolute Gasteiger partial charge is 0.338 e. The molecular weight excluding hydrogens is 352 g/mol. The van der Waals surface area contributed by atoms with Gasteiger partial charge in [0, 0.05) is 11.3 Å². The number of aromatic nitrogens is 2. The van der Waals surface area contributed by atoms with Gasteiger partial charge >= 0.3 is 0 Å². The van der Waals surface area contributed by atoms with Crippen LogP contribution >= 0.6 is 0 Å². The summed E-state index contributed by atoms with van der Waals surface area (Å²) in [7, 11) is 1.85. The van der Waals surface area contributed by atoms with Crippen LogP contribution in [0.1, 0.15) is 29.5 Å². The molecule has 0 atom stereocenters. The maximum Gasteiger partial charge on any atom is 0.241 e. The normalized spacial score (nSPS) is 11.0. The number of likely N-dealkylation sites (N-methyl/N-ethyl adjacent to an activating group) is 1. The van der Waals surface area contributed by atoms with Crippen LogP contribution in [-0.2, 0) is 17.8 Å². The molecule has 0 unspecified atom stereocenters. The van der Waals surface area contributed by atoms with Gasteiger partial charge in [0.05, 0.1) is 13.1 Å². The van der Waals surface area contributed by atoms with E-state index in [1.54, 1.807) is 0 Å². The van der Waals surface area contributed by atoms with Crippen molar-refractivity contribution < 1.29 is 9.32 Å². The smallest absolute Gasteiger partial charge is 0.241 e. The predicted octanol–water partition coefficient (Wildman–Crippen LogP) is 3.99. The summed E-state index contributed by atoms with van der Waals surface area (Å²) in [6, 6.07) is 14.1. The van der Waals surface area contributed by atoms with E-state index in [0.29, 0.717) is 18.3 Å². The zero-order chi connectivity index (χ0) is 20.1. The average Bonchev–Trinajstić information content (AvgIpc) is 3.13. The molecule has 0 aliphatic heterocycles. The number of benzene rings is 2. The first-order chi connectivity index (χ1) is 13.5. The average molecular weight is 378 g/mol. The lowest BCUT2D eigenvalue weighted by atomic mass is 10.1. The van der Waals surface area contributed by atoms with E-state index in [9.17, 15) is 4.79 Å². The van der Waals surface area contributed by atoms with Crippen LogP contribution in [0, 0.1) is 13.8 Å². The lowest BCUT2D eigenvalue weighted by molar-refractivity contribution is -0.117. The number of hydrogen-bond acceptors (Lipinski definition) is 5. The molecule has 2 aromatic carbocycles. The van der Waals surface area contributed by atoms with Gasteiger partial charge in [0.25, 0.3) is 0 Å². The fourth-order valence-corrected chi connectivity index (χ4v) is 3.05. The van der Waals surface area contributed by atoms with Gasteiger partial charge in [-0.25, -0.2) is 0 Å². The van der Waals surface area contributed by atoms with Crippen LogP contribution < -0.4 is 5.32 Å². The Morgan fingerprint density at radius 3 is 2.43 bits per heavy atom. The van der Waals surface area contributed by atoms with Crippen molar-refractivity contribution in [1.82, 2.24) is 15.0 Å². The Morgan fingerprint density at radius 1 is 1.11 bits per heavy atom. The summed E-state index contributed by atoms with van der Waals surface area (Å²) in [5, 5.41) is 7.04. The summed E-state index contributed by atoms with van der Waals surface area (Å²) in [6.45, 7) is 6.73. The molecule has 0 fully saturated rings. The molecule has 0 saturated heterocycles. The second-order valence-corrected chi connectivity index (χ2v) is 7.05. The highest BCUT2D eigenvalue weighted by Crippen LogP contribution is 2.20. The van der Waals surface area contributed by atoms with Gasteiger partial charge in [-0.2, -0.15) is 4.98 Å². The minimum Gasteiger partial charge on any atom is -0.338 e. The SMILES string of the molecule is CCc1ccc(-c2noc(CN(C)CC(=O)Nc3c(C)cccc3C)n2)cc1. The van der Waals surface area contributed by atoms with Crippen molar-refractivity contribution in [2.75, 3.05) is 18.9 Å². The Bertz CT molecular complexity index is 927. The number of hydrogen-bond donors (Lipinski definition) is 1. The van der Waals surface area contributed by atoms with Gasteiger partial charge < -0.3 is 9.84 Å². The van der Waals surface area contributed by atoms with Gasteiger partial charge in [-0.1, -0.05) is 54.5 Å². The first kappa shape index (κ1) is 19.8. The molecule has 0 spiro atoms. The number of carbonyl (C=O) groups is 1. The number of para-hydroxylation sites is 1. The van der Waals surface area contributed by atoms with Crippen molar-refractivity contribution in [2.24, 2.45) is 0 Å². The molecule has 3 aromatic rings. The fourth-order valence-electron chi connectivity index (χ4n) is 3.05. The lowest BCUT2D eigenvalue weighted by Crippen LogP contribution is -2.30. The van der Waals surface area contributed by atoms with Gasteiger partial charge in [0.15, 0.2) is 0 Å². The summed E-state index contributed by atoms with van der Waals surface area (Å²) >= 11 is 0. The summed E-state index contributed by atoms with van der Waals surface area (Å²) in [4.78, 5) is 18.7. The number of anilines is 1. The third-order valence-corrected chi connectivity index (χ3v) is 4.65. The molecule has 1 aromatic heterocycles. The van der Waals surface area contributed by atoms with E-state index in [2.05, 4.69) is 34.5 Å². The Hall–Kier alpha value is -2.99. The molecular formula is C22H26N4O2. The summed E-state index contributed by atoms with van der Waals surface area (Å²) in [5.41, 5.74) is 5.15. The molecule has 1 amide bonds. The minimum absolute atomic E-state index is 0.0743. The molecule has 0 radical (unpaired) electrons.